The number of hydrogen-bond acceptors (Lipinski definition) is 4. The maximum absolute atomic E-state index is 12.2. The van der Waals surface area contributed by atoms with Gasteiger partial charge < -0.3 is 0 Å². The van der Waals surface area contributed by atoms with Crippen molar-refractivity contribution in [1.29, 1.82) is 0 Å². The highest BCUT2D eigenvalue weighted by Gasteiger charge is 2.37. The Kier molecular flexibility index (Phi) is 1.67. The molecule has 2 aromatic rings. The van der Waals surface area contributed by atoms with Crippen LogP contribution in [0.5, 0.6) is 0 Å². The van der Waals surface area contributed by atoms with Crippen LogP contribution in [0.25, 0.3) is 4.96 Å². The van der Waals surface area contributed by atoms with E-state index in [1.54, 1.807) is 0 Å². The molecule has 0 saturated heterocycles. The van der Waals surface area contributed by atoms with E-state index in [4.69, 9.17) is 0 Å². The lowest BCUT2D eigenvalue weighted by atomic mass is 10.6. The van der Waals surface area contributed by atoms with Gasteiger partial charge in [0.15, 0.2) is 3.95 Å². The first-order valence-corrected chi connectivity index (χ1v) is 4.22. The molecule has 0 unspecified atom stereocenters. The first-order chi connectivity index (χ1) is 5.98. The second-order valence-electron chi connectivity index (χ2n) is 2.14. The molecule has 0 fully saturated rings. The molecule has 4 nitrogen and oxygen atoms in total. The molecule has 0 aliphatic carbocycles. The molecule has 0 radical (unpaired) electrons. The Balaban J connectivity index is 2.77. The van der Waals surface area contributed by atoms with E-state index in [0.717, 1.165) is 15.9 Å². The van der Waals surface area contributed by atoms with Crippen LogP contribution in [0.3, 0.4) is 0 Å². The number of hydrogen-bond donors (Lipinski definition) is 1. The predicted molar refractivity (Wildman–Crippen MR) is 41.1 cm³/mol. The Morgan fingerprint density at radius 1 is 1.38 bits per heavy atom. The van der Waals surface area contributed by atoms with Crippen LogP contribution in [0.15, 0.2) is 0 Å². The Morgan fingerprint density at radius 3 is 2.69 bits per heavy atom. The van der Waals surface area contributed by atoms with Gasteiger partial charge in [0.2, 0.25) is 4.96 Å². The maximum atomic E-state index is 12.2. The Bertz CT molecular complexity index is 491. The number of H-pyrrole nitrogens is 1. The van der Waals surface area contributed by atoms with Gasteiger partial charge in [-0.25, -0.2) is 4.52 Å². The number of rotatable bonds is 0. The fraction of sp³-hybridized carbons (Fsp3) is 0.250. The van der Waals surface area contributed by atoms with E-state index >= 15 is 0 Å². The third-order valence-electron chi connectivity index (χ3n) is 1.27. The van der Waals surface area contributed by atoms with Crippen LogP contribution < -0.4 is 0 Å². The minimum atomic E-state index is -4.52. The molecule has 2 aromatic heterocycles. The van der Waals surface area contributed by atoms with Gasteiger partial charge in [-0.15, -0.1) is 10.2 Å². The molecule has 2 rings (SSSR count). The van der Waals surface area contributed by atoms with Gasteiger partial charge in [-0.1, -0.05) is 11.3 Å². The van der Waals surface area contributed by atoms with Crippen molar-refractivity contribution < 1.29 is 13.2 Å². The standard InChI is InChI=1S/C4HF3N4S2/c5-4(6,7)1-8-9-2-11(1)10-3(12)13-2/h(H,10,12). The molecule has 0 aromatic carbocycles. The summed E-state index contributed by atoms with van der Waals surface area (Å²) in [4.78, 5) is 0.109. The van der Waals surface area contributed by atoms with Crippen molar-refractivity contribution in [3.8, 4) is 0 Å². The Morgan fingerprint density at radius 2 is 2.08 bits per heavy atom. The topological polar surface area (TPSA) is 46.0 Å². The van der Waals surface area contributed by atoms with Crippen LogP contribution in [-0.4, -0.2) is 19.8 Å². The normalized spacial score (nSPS) is 12.5. The smallest absolute Gasteiger partial charge is 0.271 e. The zero-order valence-corrected chi connectivity index (χ0v) is 7.43. The van der Waals surface area contributed by atoms with Crippen molar-refractivity contribution in [3.63, 3.8) is 0 Å². The summed E-state index contributed by atoms with van der Waals surface area (Å²) >= 11 is 5.59. The lowest BCUT2D eigenvalue weighted by Crippen LogP contribution is -2.11. The molecule has 13 heavy (non-hydrogen) atoms. The van der Waals surface area contributed by atoms with Crippen LogP contribution in [-0.2, 0) is 6.18 Å². The molecule has 0 aliphatic heterocycles. The third-order valence-corrected chi connectivity index (χ3v) is 2.34. The summed E-state index contributed by atoms with van der Waals surface area (Å²) in [5.41, 5.74) is 0. The van der Waals surface area contributed by atoms with Crippen molar-refractivity contribution in [1.82, 2.24) is 19.8 Å². The number of aromatic amines is 1. The van der Waals surface area contributed by atoms with E-state index in [1.165, 1.54) is 0 Å². The molecule has 0 spiro atoms. The number of nitrogens with one attached hydrogen (secondary N) is 1. The summed E-state index contributed by atoms with van der Waals surface area (Å²) < 4.78 is 37.5. The molecule has 0 saturated carbocycles. The Hall–Kier alpha value is -0.960. The van der Waals surface area contributed by atoms with E-state index in [2.05, 4.69) is 27.5 Å². The van der Waals surface area contributed by atoms with Gasteiger partial charge in [0.05, 0.1) is 0 Å². The van der Waals surface area contributed by atoms with Gasteiger partial charge in [-0.3, -0.25) is 5.10 Å². The van der Waals surface area contributed by atoms with Crippen molar-refractivity contribution >= 4 is 28.5 Å². The second kappa shape index (κ2) is 2.51. The lowest BCUT2D eigenvalue weighted by molar-refractivity contribution is -0.146. The second-order valence-corrected chi connectivity index (χ2v) is 3.78. The number of halogens is 3. The van der Waals surface area contributed by atoms with Crippen LogP contribution >= 0.6 is 23.6 Å². The molecule has 0 bridgehead atoms. The average Bonchev–Trinajstić information content (AvgIpc) is 2.41. The van der Waals surface area contributed by atoms with Gasteiger partial charge in [-0.05, 0) is 12.2 Å². The number of alkyl halides is 3. The minimum absolute atomic E-state index is 0.109. The molecule has 2 heterocycles. The van der Waals surface area contributed by atoms with E-state index in [9.17, 15) is 13.2 Å². The highest BCUT2D eigenvalue weighted by Crippen LogP contribution is 2.28. The predicted octanol–water partition coefficient (Wildman–Crippen LogP) is 1.87. The van der Waals surface area contributed by atoms with E-state index in [-0.39, 0.29) is 8.92 Å². The summed E-state index contributed by atoms with van der Waals surface area (Å²) in [5, 5.41) is 8.63. The van der Waals surface area contributed by atoms with Crippen molar-refractivity contribution in [2.45, 2.75) is 6.18 Å². The first kappa shape index (κ1) is 8.63. The Labute approximate surface area is 78.0 Å². The molecule has 0 aliphatic rings. The maximum Gasteiger partial charge on any atom is 0.453 e. The number of aromatic nitrogens is 4. The van der Waals surface area contributed by atoms with E-state index in [1.807, 2.05) is 0 Å². The fourth-order valence-electron chi connectivity index (χ4n) is 0.817. The van der Waals surface area contributed by atoms with Crippen LogP contribution in [0, 0.1) is 3.95 Å². The van der Waals surface area contributed by atoms with Crippen LogP contribution in [0.1, 0.15) is 5.82 Å². The van der Waals surface area contributed by atoms with Crippen molar-refractivity contribution in [2.24, 2.45) is 0 Å². The molecule has 0 amide bonds. The van der Waals surface area contributed by atoms with Gasteiger partial charge in [0, 0.05) is 0 Å². The summed E-state index contributed by atoms with van der Waals surface area (Å²) in [5.74, 6) is -1.09. The van der Waals surface area contributed by atoms with Crippen LogP contribution in [0.2, 0.25) is 0 Å². The zero-order valence-electron chi connectivity index (χ0n) is 5.79. The van der Waals surface area contributed by atoms with Crippen molar-refractivity contribution in [3.05, 3.63) is 9.78 Å². The molecular weight excluding hydrogens is 225 g/mol. The summed E-state index contributed by atoms with van der Waals surface area (Å²) in [6, 6.07) is 0. The zero-order chi connectivity index (χ0) is 9.64. The highest BCUT2D eigenvalue weighted by molar-refractivity contribution is 7.73. The largest absolute Gasteiger partial charge is 0.453 e. The average molecular weight is 226 g/mol. The third kappa shape index (κ3) is 1.33. The highest BCUT2D eigenvalue weighted by atomic mass is 32.1. The van der Waals surface area contributed by atoms with Gasteiger partial charge in [-0.2, -0.15) is 13.2 Å². The van der Waals surface area contributed by atoms with E-state index in [0.29, 0.717) is 0 Å². The van der Waals surface area contributed by atoms with E-state index < -0.39 is 12.0 Å². The van der Waals surface area contributed by atoms with Gasteiger partial charge in [0.25, 0.3) is 5.82 Å². The first-order valence-electron chi connectivity index (χ1n) is 3.00. The number of fused-ring (bicyclic) bond motifs is 1. The summed E-state index contributed by atoms with van der Waals surface area (Å²) in [6.45, 7) is 0. The molecule has 0 atom stereocenters. The number of nitrogens with zero attached hydrogens (tertiary/aromatic N) is 3. The summed E-state index contributed by atoms with van der Waals surface area (Å²) in [7, 11) is 0. The summed E-state index contributed by atoms with van der Waals surface area (Å²) in [6.07, 6.45) is -4.52. The van der Waals surface area contributed by atoms with Gasteiger partial charge in [0.1, 0.15) is 0 Å². The SMILES string of the molecule is FC(F)(F)c1nnc2sc(=S)[nH]n12. The molecule has 1 N–H and O–H groups in total. The van der Waals surface area contributed by atoms with Gasteiger partial charge >= 0.3 is 6.18 Å². The quantitative estimate of drug-likeness (QED) is 0.697. The minimum Gasteiger partial charge on any atom is -0.271 e. The molecular formula is C4HF3N4S2. The van der Waals surface area contributed by atoms with Crippen molar-refractivity contribution in [2.75, 3.05) is 0 Å². The molecule has 70 valence electrons. The molecule has 9 heteroatoms. The monoisotopic (exact) mass is 226 g/mol. The van der Waals surface area contributed by atoms with Crippen LogP contribution in [0.4, 0.5) is 13.2 Å². The lowest BCUT2D eigenvalue weighted by Gasteiger charge is -2.00. The fourth-order valence-corrected chi connectivity index (χ4v) is 1.74.